The molecular formula is C17H14F2N4O3. The molecule has 9 heteroatoms. The Hall–Kier alpha value is -3.28. The van der Waals surface area contributed by atoms with Crippen molar-refractivity contribution in [1.82, 2.24) is 9.97 Å². The molecule has 0 aliphatic heterocycles. The van der Waals surface area contributed by atoms with Crippen molar-refractivity contribution in [2.75, 3.05) is 5.73 Å². The van der Waals surface area contributed by atoms with Crippen molar-refractivity contribution < 1.29 is 23.4 Å². The zero-order valence-electron chi connectivity index (χ0n) is 13.4. The second-order valence-corrected chi connectivity index (χ2v) is 5.92. The molecule has 1 aliphatic carbocycles. The summed E-state index contributed by atoms with van der Waals surface area (Å²) < 4.78 is 30.7. The van der Waals surface area contributed by atoms with Crippen molar-refractivity contribution in [3.05, 3.63) is 35.4 Å². The molecule has 0 saturated heterocycles. The van der Waals surface area contributed by atoms with E-state index >= 15 is 0 Å². The molecule has 0 radical (unpaired) electrons. The zero-order valence-corrected chi connectivity index (χ0v) is 13.4. The smallest absolute Gasteiger partial charge is 0.345 e. The van der Waals surface area contributed by atoms with Crippen LogP contribution in [0.25, 0.3) is 11.4 Å². The number of benzene rings is 1. The Morgan fingerprint density at radius 3 is 2.73 bits per heavy atom. The first-order valence-corrected chi connectivity index (χ1v) is 7.75. The number of nitrogens with two attached hydrogens (primary N) is 1. The lowest BCUT2D eigenvalue weighted by molar-refractivity contribution is -0.0347. The van der Waals surface area contributed by atoms with Gasteiger partial charge < -0.3 is 15.6 Å². The average molecular weight is 360 g/mol. The molecule has 26 heavy (non-hydrogen) atoms. The number of carboxylic acids is 1. The SMILES string of the molecule is N#Cc1cccc(-c2nc(N)c(C(=O)O)c(OC3CC(C(F)F)C3)n2)c1. The number of nitrogens with zero attached hydrogens (tertiary/aromatic N) is 3. The molecule has 0 spiro atoms. The molecule has 0 unspecified atom stereocenters. The predicted molar refractivity (Wildman–Crippen MR) is 86.7 cm³/mol. The van der Waals surface area contributed by atoms with E-state index < -0.39 is 30.0 Å². The maximum Gasteiger partial charge on any atom is 0.345 e. The van der Waals surface area contributed by atoms with Gasteiger partial charge in [0.2, 0.25) is 12.3 Å². The fourth-order valence-corrected chi connectivity index (χ4v) is 2.67. The Balaban J connectivity index is 1.95. The van der Waals surface area contributed by atoms with Gasteiger partial charge in [-0.25, -0.2) is 18.6 Å². The lowest BCUT2D eigenvalue weighted by atomic mass is 9.82. The van der Waals surface area contributed by atoms with Crippen molar-refractivity contribution in [3.63, 3.8) is 0 Å². The molecule has 1 aromatic heterocycles. The summed E-state index contributed by atoms with van der Waals surface area (Å²) in [5.74, 6) is -2.62. The Morgan fingerprint density at radius 2 is 2.12 bits per heavy atom. The standard InChI is InChI=1S/C17H14F2N4O3/c18-13(19)10-5-11(6-10)26-16-12(17(24)25)14(21)22-15(23-16)9-3-1-2-8(4-9)7-20/h1-4,10-11,13H,5-6H2,(H,24,25)(H2,21,22,23). The van der Waals surface area contributed by atoms with Gasteiger partial charge in [-0.1, -0.05) is 12.1 Å². The predicted octanol–water partition coefficient (Wildman–Crippen LogP) is 2.72. The second kappa shape index (κ2) is 6.92. The number of ether oxygens (including phenoxy) is 1. The van der Waals surface area contributed by atoms with E-state index in [-0.39, 0.29) is 30.4 Å². The van der Waals surface area contributed by atoms with Gasteiger partial charge in [0.05, 0.1) is 11.6 Å². The second-order valence-electron chi connectivity index (χ2n) is 5.92. The molecule has 1 heterocycles. The number of aromatic nitrogens is 2. The Bertz CT molecular complexity index is 892. The van der Waals surface area contributed by atoms with Crippen molar-refractivity contribution in [1.29, 1.82) is 5.26 Å². The van der Waals surface area contributed by atoms with Gasteiger partial charge in [-0.3, -0.25) is 0 Å². The summed E-state index contributed by atoms with van der Waals surface area (Å²) in [7, 11) is 0. The number of nitriles is 1. The Morgan fingerprint density at radius 1 is 1.38 bits per heavy atom. The number of halogens is 2. The molecule has 7 nitrogen and oxygen atoms in total. The lowest BCUT2D eigenvalue weighted by Crippen LogP contribution is -2.38. The minimum Gasteiger partial charge on any atom is -0.477 e. The van der Waals surface area contributed by atoms with E-state index in [1.54, 1.807) is 18.2 Å². The van der Waals surface area contributed by atoms with Crippen LogP contribution in [-0.2, 0) is 0 Å². The van der Waals surface area contributed by atoms with Crippen molar-refractivity contribution in [3.8, 4) is 23.3 Å². The van der Waals surface area contributed by atoms with Crippen LogP contribution >= 0.6 is 0 Å². The summed E-state index contributed by atoms with van der Waals surface area (Å²) in [5, 5.41) is 18.3. The quantitative estimate of drug-likeness (QED) is 0.840. The summed E-state index contributed by atoms with van der Waals surface area (Å²) in [4.78, 5) is 19.5. The first-order chi connectivity index (χ1) is 12.4. The number of hydrogen-bond donors (Lipinski definition) is 2. The number of hydrogen-bond acceptors (Lipinski definition) is 6. The topological polar surface area (TPSA) is 122 Å². The van der Waals surface area contributed by atoms with E-state index in [9.17, 15) is 18.7 Å². The molecule has 1 fully saturated rings. The lowest BCUT2D eigenvalue weighted by Gasteiger charge is -2.34. The number of nitrogen functional groups attached to an aromatic ring is 1. The minimum atomic E-state index is -2.44. The molecule has 0 bridgehead atoms. The first-order valence-electron chi connectivity index (χ1n) is 7.75. The minimum absolute atomic E-state index is 0.0873. The number of carboxylic acid groups (broad SMARTS) is 1. The maximum absolute atomic E-state index is 12.6. The van der Waals surface area contributed by atoms with Crippen LogP contribution in [0.2, 0.25) is 0 Å². The average Bonchev–Trinajstić information content (AvgIpc) is 2.56. The number of anilines is 1. The fraction of sp³-hybridized carbons (Fsp3) is 0.294. The van der Waals surface area contributed by atoms with Crippen LogP contribution in [0.15, 0.2) is 24.3 Å². The van der Waals surface area contributed by atoms with E-state index in [0.717, 1.165) is 0 Å². The van der Waals surface area contributed by atoms with Crippen LogP contribution in [0, 0.1) is 17.2 Å². The van der Waals surface area contributed by atoms with Gasteiger partial charge in [-0.05, 0) is 25.0 Å². The fourth-order valence-electron chi connectivity index (χ4n) is 2.67. The van der Waals surface area contributed by atoms with Crippen LogP contribution in [0.4, 0.5) is 14.6 Å². The molecule has 1 aliphatic rings. The van der Waals surface area contributed by atoms with Crippen LogP contribution < -0.4 is 10.5 Å². The van der Waals surface area contributed by atoms with Crippen LogP contribution in [0.5, 0.6) is 5.88 Å². The van der Waals surface area contributed by atoms with Crippen LogP contribution in [0.3, 0.4) is 0 Å². The maximum atomic E-state index is 12.6. The molecule has 3 rings (SSSR count). The highest BCUT2D eigenvalue weighted by atomic mass is 19.3. The highest BCUT2D eigenvalue weighted by molar-refractivity contribution is 5.95. The van der Waals surface area contributed by atoms with Gasteiger partial charge in [0, 0.05) is 11.5 Å². The number of carbonyl (C=O) groups is 1. The third-order valence-electron chi connectivity index (χ3n) is 4.13. The van der Waals surface area contributed by atoms with Crippen molar-refractivity contribution >= 4 is 11.8 Å². The highest BCUT2D eigenvalue weighted by Crippen LogP contribution is 2.37. The summed E-state index contributed by atoms with van der Waals surface area (Å²) in [6.45, 7) is 0. The van der Waals surface area contributed by atoms with Crippen LogP contribution in [-0.4, -0.2) is 33.6 Å². The normalized spacial score (nSPS) is 18.8. The van der Waals surface area contributed by atoms with Crippen molar-refractivity contribution in [2.24, 2.45) is 5.92 Å². The Labute approximate surface area is 147 Å². The van der Waals surface area contributed by atoms with Gasteiger partial charge in [0.15, 0.2) is 11.4 Å². The van der Waals surface area contributed by atoms with E-state index in [4.69, 9.17) is 15.7 Å². The summed E-state index contributed by atoms with van der Waals surface area (Å²) in [6.07, 6.45) is -2.77. The third-order valence-corrected chi connectivity index (χ3v) is 4.13. The number of rotatable bonds is 5. The van der Waals surface area contributed by atoms with Crippen molar-refractivity contribution in [2.45, 2.75) is 25.4 Å². The molecule has 0 amide bonds. The molecule has 134 valence electrons. The monoisotopic (exact) mass is 360 g/mol. The molecule has 2 aromatic rings. The molecule has 3 N–H and O–H groups in total. The van der Waals surface area contributed by atoms with Gasteiger partial charge in [-0.15, -0.1) is 0 Å². The number of alkyl halides is 2. The van der Waals surface area contributed by atoms with Gasteiger partial charge >= 0.3 is 5.97 Å². The summed E-state index contributed by atoms with van der Waals surface area (Å²) >= 11 is 0. The first kappa shape index (κ1) is 17.5. The molecule has 0 atom stereocenters. The number of aromatic carboxylic acids is 1. The summed E-state index contributed by atoms with van der Waals surface area (Å²) in [6, 6.07) is 8.35. The largest absolute Gasteiger partial charge is 0.477 e. The van der Waals surface area contributed by atoms with Crippen LogP contribution in [0.1, 0.15) is 28.8 Å². The van der Waals surface area contributed by atoms with E-state index in [1.165, 1.54) is 6.07 Å². The Kier molecular flexibility index (Phi) is 4.67. The van der Waals surface area contributed by atoms with Gasteiger partial charge in [0.25, 0.3) is 0 Å². The molecular weight excluding hydrogens is 346 g/mol. The highest BCUT2D eigenvalue weighted by Gasteiger charge is 2.38. The van der Waals surface area contributed by atoms with E-state index in [2.05, 4.69) is 9.97 Å². The molecule has 1 aromatic carbocycles. The molecule has 1 saturated carbocycles. The zero-order chi connectivity index (χ0) is 18.8. The van der Waals surface area contributed by atoms with E-state index in [0.29, 0.717) is 11.1 Å². The van der Waals surface area contributed by atoms with Gasteiger partial charge in [-0.2, -0.15) is 10.2 Å². The third kappa shape index (κ3) is 3.39. The summed E-state index contributed by atoms with van der Waals surface area (Å²) in [5.41, 5.74) is 6.16. The van der Waals surface area contributed by atoms with Gasteiger partial charge in [0.1, 0.15) is 11.9 Å². The van der Waals surface area contributed by atoms with E-state index in [1.807, 2.05) is 6.07 Å².